The first-order chi connectivity index (χ1) is 14.5. The number of fused-ring (bicyclic) bond motifs is 2. The van der Waals surface area contributed by atoms with E-state index in [4.69, 9.17) is 0 Å². The third kappa shape index (κ3) is 3.42. The summed E-state index contributed by atoms with van der Waals surface area (Å²) < 4.78 is 56.7. The minimum Gasteiger partial charge on any atom is -0.505 e. The maximum atomic E-state index is 14.2. The van der Waals surface area contributed by atoms with Crippen LogP contribution in [0.1, 0.15) is 42.9 Å². The lowest BCUT2D eigenvalue weighted by Gasteiger charge is -2.45. The number of aromatic amines is 1. The van der Waals surface area contributed by atoms with Gasteiger partial charge in [0.1, 0.15) is 0 Å². The maximum absolute atomic E-state index is 14.2. The van der Waals surface area contributed by atoms with Gasteiger partial charge in [-0.2, -0.15) is 13.2 Å². The third-order valence-corrected chi connectivity index (χ3v) is 5.99. The molecule has 3 atom stereocenters. The predicted octanol–water partition coefficient (Wildman–Crippen LogP) is 4.72. The van der Waals surface area contributed by atoms with Gasteiger partial charge in [-0.15, -0.1) is 0 Å². The fraction of sp³-hybridized carbons (Fsp3) is 0.318. The molecule has 0 saturated carbocycles. The van der Waals surface area contributed by atoms with Gasteiger partial charge in [0.2, 0.25) is 5.56 Å². The second kappa shape index (κ2) is 7.26. The number of hydrogen-bond donors (Lipinski definition) is 4. The number of phenols is 1. The number of aromatic nitrogens is 1. The smallest absolute Gasteiger partial charge is 0.419 e. The molecule has 3 aromatic rings. The molecular weight excluding hydrogens is 416 g/mol. The van der Waals surface area contributed by atoms with Crippen LogP contribution in [0.3, 0.4) is 0 Å². The van der Waals surface area contributed by atoms with Crippen molar-refractivity contribution < 1.29 is 27.8 Å². The van der Waals surface area contributed by atoms with E-state index in [1.165, 1.54) is 18.2 Å². The highest BCUT2D eigenvalue weighted by molar-refractivity contribution is 5.91. The number of pyridine rings is 1. The average Bonchev–Trinajstić information content (AvgIpc) is 2.70. The normalized spacial score (nSPS) is 23.5. The number of aromatic hydroxyl groups is 1. The highest BCUT2D eigenvalue weighted by Crippen LogP contribution is 2.54. The number of anilines is 1. The Morgan fingerprint density at radius 1 is 1.19 bits per heavy atom. The Balaban J connectivity index is 1.93. The van der Waals surface area contributed by atoms with Crippen LogP contribution in [0.2, 0.25) is 0 Å². The minimum atomic E-state index is -5.01. The van der Waals surface area contributed by atoms with E-state index < -0.39 is 41.7 Å². The number of alkyl halides is 3. The van der Waals surface area contributed by atoms with Gasteiger partial charge in [0.15, 0.2) is 17.2 Å². The molecule has 9 heteroatoms. The van der Waals surface area contributed by atoms with Crippen molar-refractivity contribution in [1.82, 2.24) is 4.98 Å². The Kier molecular flexibility index (Phi) is 4.96. The lowest BCUT2D eigenvalue weighted by Crippen LogP contribution is -2.55. The first-order valence-corrected chi connectivity index (χ1v) is 9.75. The summed E-state index contributed by atoms with van der Waals surface area (Å²) in [4.78, 5) is 14.2. The Hall–Kier alpha value is -3.07. The molecule has 1 aromatic heterocycles. The Labute approximate surface area is 174 Å². The standard InChI is InChI=1S/C22H20F4N2O3/c1-2-11-10-21(31,22(24,25)26)20(14-8-15(23)18(29)9-13(11)14)28-17-5-3-4-16-12(17)6-7-19(30)27-16/h3-9,11,20,28-29,31H,2,10H2,1H3,(H,27,30). The van der Waals surface area contributed by atoms with Gasteiger partial charge >= 0.3 is 6.18 Å². The molecule has 1 aliphatic carbocycles. The average molecular weight is 436 g/mol. The molecule has 0 amide bonds. The third-order valence-electron chi connectivity index (χ3n) is 5.99. The quantitative estimate of drug-likeness (QED) is 0.448. The first-order valence-electron chi connectivity index (χ1n) is 9.75. The van der Waals surface area contributed by atoms with Crippen LogP contribution in [0.15, 0.2) is 47.3 Å². The van der Waals surface area contributed by atoms with Gasteiger partial charge in [0, 0.05) is 17.1 Å². The molecule has 0 radical (unpaired) electrons. The number of halogens is 4. The van der Waals surface area contributed by atoms with Gasteiger partial charge in [-0.05, 0) is 60.2 Å². The van der Waals surface area contributed by atoms with Crippen molar-refractivity contribution >= 4 is 16.6 Å². The molecule has 4 N–H and O–H groups in total. The van der Waals surface area contributed by atoms with Gasteiger partial charge in [-0.25, -0.2) is 4.39 Å². The van der Waals surface area contributed by atoms with Crippen molar-refractivity contribution in [1.29, 1.82) is 0 Å². The number of aliphatic hydroxyl groups is 1. The molecule has 4 rings (SSSR count). The Bertz CT molecular complexity index is 1210. The van der Waals surface area contributed by atoms with E-state index in [-0.39, 0.29) is 23.2 Å². The first kappa shape index (κ1) is 21.2. The number of phenolic OH excluding ortho intramolecular Hbond substituents is 1. The van der Waals surface area contributed by atoms with Crippen molar-refractivity contribution in [3.8, 4) is 5.75 Å². The fourth-order valence-corrected chi connectivity index (χ4v) is 4.37. The van der Waals surface area contributed by atoms with E-state index in [0.29, 0.717) is 16.5 Å². The number of benzene rings is 2. The summed E-state index contributed by atoms with van der Waals surface area (Å²) in [6.07, 6.45) is -5.40. The monoisotopic (exact) mass is 436 g/mol. The summed E-state index contributed by atoms with van der Waals surface area (Å²) in [5.74, 6) is -2.46. The molecule has 2 aromatic carbocycles. The van der Waals surface area contributed by atoms with Gasteiger partial charge in [-0.1, -0.05) is 13.0 Å². The lowest BCUT2D eigenvalue weighted by molar-refractivity contribution is -0.272. The van der Waals surface area contributed by atoms with Crippen LogP contribution in [0.4, 0.5) is 23.2 Å². The number of nitrogens with one attached hydrogen (secondary N) is 2. The van der Waals surface area contributed by atoms with E-state index in [2.05, 4.69) is 10.3 Å². The summed E-state index contributed by atoms with van der Waals surface area (Å²) in [5, 5.41) is 23.9. The highest BCUT2D eigenvalue weighted by Gasteiger charge is 2.62. The molecule has 0 aliphatic heterocycles. The van der Waals surface area contributed by atoms with Gasteiger partial charge in [0.25, 0.3) is 0 Å². The molecule has 1 aliphatic rings. The van der Waals surface area contributed by atoms with E-state index in [1.807, 2.05) is 0 Å². The van der Waals surface area contributed by atoms with Gasteiger partial charge < -0.3 is 20.5 Å². The van der Waals surface area contributed by atoms with E-state index in [0.717, 1.165) is 12.1 Å². The number of hydrogen-bond acceptors (Lipinski definition) is 4. The summed E-state index contributed by atoms with van der Waals surface area (Å²) in [6, 6.07) is 7.58. The van der Waals surface area contributed by atoms with Crippen molar-refractivity contribution in [2.75, 3.05) is 5.32 Å². The summed E-state index contributed by atoms with van der Waals surface area (Å²) in [7, 11) is 0. The molecule has 31 heavy (non-hydrogen) atoms. The summed E-state index contributed by atoms with van der Waals surface area (Å²) in [6.45, 7) is 1.67. The van der Waals surface area contributed by atoms with Crippen LogP contribution < -0.4 is 10.9 Å². The molecule has 0 bridgehead atoms. The minimum absolute atomic E-state index is 0.0744. The summed E-state index contributed by atoms with van der Waals surface area (Å²) in [5.41, 5.74) is -2.66. The van der Waals surface area contributed by atoms with Crippen LogP contribution in [-0.2, 0) is 0 Å². The van der Waals surface area contributed by atoms with Gasteiger partial charge in [-0.3, -0.25) is 4.79 Å². The zero-order chi connectivity index (χ0) is 22.6. The predicted molar refractivity (Wildman–Crippen MR) is 108 cm³/mol. The lowest BCUT2D eigenvalue weighted by atomic mass is 9.69. The van der Waals surface area contributed by atoms with Crippen molar-refractivity contribution in [2.24, 2.45) is 0 Å². The molecule has 5 nitrogen and oxygen atoms in total. The molecule has 0 fully saturated rings. The fourth-order valence-electron chi connectivity index (χ4n) is 4.37. The van der Waals surface area contributed by atoms with E-state index in [9.17, 15) is 32.6 Å². The Morgan fingerprint density at radius 2 is 1.94 bits per heavy atom. The maximum Gasteiger partial charge on any atom is 0.419 e. The van der Waals surface area contributed by atoms with Crippen LogP contribution in [0.5, 0.6) is 5.75 Å². The molecular formula is C22H20F4N2O3. The zero-order valence-corrected chi connectivity index (χ0v) is 16.4. The van der Waals surface area contributed by atoms with Crippen LogP contribution in [0.25, 0.3) is 10.9 Å². The zero-order valence-electron chi connectivity index (χ0n) is 16.4. The second-order valence-electron chi connectivity index (χ2n) is 7.83. The molecule has 0 spiro atoms. The second-order valence-corrected chi connectivity index (χ2v) is 7.83. The Morgan fingerprint density at radius 3 is 2.61 bits per heavy atom. The molecule has 164 valence electrons. The number of rotatable bonds is 3. The summed E-state index contributed by atoms with van der Waals surface area (Å²) >= 11 is 0. The van der Waals surface area contributed by atoms with Crippen molar-refractivity contribution in [2.45, 2.75) is 43.5 Å². The van der Waals surface area contributed by atoms with Crippen LogP contribution in [-0.4, -0.2) is 27.0 Å². The molecule has 0 saturated heterocycles. The van der Waals surface area contributed by atoms with Gasteiger partial charge in [0.05, 0.1) is 11.6 Å². The molecule has 1 heterocycles. The van der Waals surface area contributed by atoms with E-state index >= 15 is 0 Å². The largest absolute Gasteiger partial charge is 0.505 e. The van der Waals surface area contributed by atoms with E-state index in [1.54, 1.807) is 19.1 Å². The van der Waals surface area contributed by atoms with Crippen LogP contribution >= 0.6 is 0 Å². The number of H-pyrrole nitrogens is 1. The highest BCUT2D eigenvalue weighted by atomic mass is 19.4. The SMILES string of the molecule is CCC1CC(O)(C(F)(F)F)C(Nc2cccc3[nH]c(=O)ccc23)c2cc(F)c(O)cc21. The van der Waals surface area contributed by atoms with Crippen molar-refractivity contribution in [3.05, 3.63) is 69.8 Å². The topological polar surface area (TPSA) is 85.4 Å². The van der Waals surface area contributed by atoms with Crippen LogP contribution in [0, 0.1) is 5.82 Å². The van der Waals surface area contributed by atoms with Crippen molar-refractivity contribution in [3.63, 3.8) is 0 Å². The molecule has 3 unspecified atom stereocenters.